The summed E-state index contributed by atoms with van der Waals surface area (Å²) in [6.07, 6.45) is 2.78. The van der Waals surface area contributed by atoms with E-state index in [1.165, 1.54) is 11.0 Å². The average molecular weight is 297 g/mol. The van der Waals surface area contributed by atoms with Crippen LogP contribution >= 0.6 is 11.6 Å². The van der Waals surface area contributed by atoms with E-state index in [2.05, 4.69) is 4.98 Å². The second-order valence-electron chi connectivity index (χ2n) is 5.05. The van der Waals surface area contributed by atoms with Crippen LogP contribution in [0.2, 0.25) is 5.15 Å². The summed E-state index contributed by atoms with van der Waals surface area (Å²) in [7, 11) is 0. The van der Waals surface area contributed by atoms with Crippen LogP contribution in [-0.4, -0.2) is 40.0 Å². The van der Waals surface area contributed by atoms with Crippen LogP contribution in [0.1, 0.15) is 35.8 Å². The van der Waals surface area contributed by atoms with Crippen molar-refractivity contribution in [2.45, 2.75) is 26.2 Å². The number of halogens is 1. The molecule has 1 aromatic rings. The van der Waals surface area contributed by atoms with Crippen molar-refractivity contribution in [3.63, 3.8) is 0 Å². The fourth-order valence-corrected chi connectivity index (χ4v) is 2.26. The molecule has 1 heterocycles. The number of carbonyl (C=O) groups is 2. The summed E-state index contributed by atoms with van der Waals surface area (Å²) < 4.78 is 0. The first-order valence-electron chi connectivity index (χ1n) is 6.67. The molecule has 0 radical (unpaired) electrons. The van der Waals surface area contributed by atoms with Crippen LogP contribution in [0, 0.1) is 5.92 Å². The van der Waals surface area contributed by atoms with Gasteiger partial charge in [-0.3, -0.25) is 9.59 Å². The number of aryl methyl sites for hydroxylation is 1. The molecule has 5 nitrogen and oxygen atoms in total. The third-order valence-corrected chi connectivity index (χ3v) is 3.44. The largest absolute Gasteiger partial charge is 0.480 e. The summed E-state index contributed by atoms with van der Waals surface area (Å²) in [5.74, 6) is -0.866. The van der Waals surface area contributed by atoms with E-state index in [0.717, 1.165) is 18.5 Å². The fraction of sp³-hybridized carbons (Fsp3) is 0.500. The van der Waals surface area contributed by atoms with Gasteiger partial charge >= 0.3 is 5.97 Å². The molecule has 0 bridgehead atoms. The molecular weight excluding hydrogens is 280 g/mol. The summed E-state index contributed by atoms with van der Waals surface area (Å²) >= 11 is 5.90. The Morgan fingerprint density at radius 1 is 1.45 bits per heavy atom. The van der Waals surface area contributed by atoms with Gasteiger partial charge in [-0.1, -0.05) is 18.5 Å². The van der Waals surface area contributed by atoms with Crippen LogP contribution < -0.4 is 0 Å². The van der Waals surface area contributed by atoms with Crippen molar-refractivity contribution >= 4 is 23.5 Å². The summed E-state index contributed by atoms with van der Waals surface area (Å²) in [6, 6.07) is 3.17. The molecule has 1 aliphatic carbocycles. The molecular formula is C14H17ClN2O3. The standard InChI is InChI=1S/C14H17ClN2O3/c1-2-11-5-10(6-12(15)16-11)14(20)17(8-13(18)19)7-9-3-4-9/h5-6,9H,2-4,7-8H2,1H3,(H,18,19). The van der Waals surface area contributed by atoms with E-state index < -0.39 is 5.97 Å². The van der Waals surface area contributed by atoms with Gasteiger partial charge in [-0.25, -0.2) is 4.98 Å². The number of hydrogen-bond acceptors (Lipinski definition) is 3. The number of pyridine rings is 1. The number of rotatable bonds is 6. The summed E-state index contributed by atoms with van der Waals surface area (Å²) in [6.45, 7) is 2.13. The van der Waals surface area contributed by atoms with Gasteiger partial charge in [-0.15, -0.1) is 0 Å². The minimum Gasteiger partial charge on any atom is -0.480 e. The van der Waals surface area contributed by atoms with E-state index in [0.29, 0.717) is 24.4 Å². The molecule has 0 saturated heterocycles. The van der Waals surface area contributed by atoms with Gasteiger partial charge in [0, 0.05) is 17.8 Å². The first-order chi connectivity index (χ1) is 9.49. The molecule has 1 fully saturated rings. The molecule has 0 aliphatic heterocycles. The van der Waals surface area contributed by atoms with Gasteiger partial charge in [0.1, 0.15) is 11.7 Å². The normalized spacial score (nSPS) is 14.1. The Labute approximate surface area is 122 Å². The van der Waals surface area contributed by atoms with Crippen molar-refractivity contribution in [1.82, 2.24) is 9.88 Å². The maximum atomic E-state index is 12.4. The Bertz CT molecular complexity index is 529. The van der Waals surface area contributed by atoms with Gasteiger partial charge in [-0.05, 0) is 37.3 Å². The van der Waals surface area contributed by atoms with Crippen molar-refractivity contribution in [2.75, 3.05) is 13.1 Å². The van der Waals surface area contributed by atoms with Gasteiger partial charge in [0.15, 0.2) is 0 Å². The van der Waals surface area contributed by atoms with E-state index >= 15 is 0 Å². The number of amides is 1. The minimum absolute atomic E-state index is 0.259. The van der Waals surface area contributed by atoms with Crippen molar-refractivity contribution in [3.8, 4) is 0 Å². The van der Waals surface area contributed by atoms with Crippen molar-refractivity contribution < 1.29 is 14.7 Å². The van der Waals surface area contributed by atoms with E-state index in [9.17, 15) is 9.59 Å². The van der Waals surface area contributed by atoms with E-state index in [1.54, 1.807) is 6.07 Å². The van der Waals surface area contributed by atoms with E-state index in [1.807, 2.05) is 6.92 Å². The summed E-state index contributed by atoms with van der Waals surface area (Å²) in [5.41, 5.74) is 1.13. The van der Waals surface area contributed by atoms with E-state index in [4.69, 9.17) is 16.7 Å². The molecule has 0 atom stereocenters. The zero-order valence-corrected chi connectivity index (χ0v) is 12.1. The average Bonchev–Trinajstić information content (AvgIpc) is 3.19. The van der Waals surface area contributed by atoms with Gasteiger partial charge in [0.2, 0.25) is 0 Å². The van der Waals surface area contributed by atoms with Crippen molar-refractivity contribution in [1.29, 1.82) is 0 Å². The summed E-state index contributed by atoms with van der Waals surface area (Å²) in [4.78, 5) is 28.8. The molecule has 2 rings (SSSR count). The van der Waals surface area contributed by atoms with Gasteiger partial charge in [0.05, 0.1) is 0 Å². The Balaban J connectivity index is 2.20. The zero-order chi connectivity index (χ0) is 14.7. The molecule has 0 spiro atoms. The first-order valence-corrected chi connectivity index (χ1v) is 7.05. The molecule has 108 valence electrons. The highest BCUT2D eigenvalue weighted by molar-refractivity contribution is 6.29. The van der Waals surface area contributed by atoms with Crippen LogP contribution in [0.25, 0.3) is 0 Å². The molecule has 1 aromatic heterocycles. The third-order valence-electron chi connectivity index (χ3n) is 3.25. The maximum absolute atomic E-state index is 12.4. The molecule has 1 amide bonds. The number of aliphatic carboxylic acids is 1. The minimum atomic E-state index is -1.00. The Kier molecular flexibility index (Phi) is 4.60. The van der Waals surface area contributed by atoms with Crippen LogP contribution in [-0.2, 0) is 11.2 Å². The third kappa shape index (κ3) is 3.93. The predicted octanol–water partition coefficient (Wildman–Crippen LogP) is 2.23. The lowest BCUT2D eigenvalue weighted by atomic mass is 10.1. The fourth-order valence-electron chi connectivity index (χ4n) is 2.03. The number of carbonyl (C=O) groups excluding carboxylic acids is 1. The number of hydrogen-bond donors (Lipinski definition) is 1. The van der Waals surface area contributed by atoms with Crippen LogP contribution in [0.4, 0.5) is 0 Å². The van der Waals surface area contributed by atoms with Crippen LogP contribution in [0.5, 0.6) is 0 Å². The van der Waals surface area contributed by atoms with E-state index in [-0.39, 0.29) is 17.6 Å². The second kappa shape index (κ2) is 6.22. The molecule has 0 aromatic carbocycles. The molecule has 1 saturated carbocycles. The zero-order valence-electron chi connectivity index (χ0n) is 11.3. The highest BCUT2D eigenvalue weighted by Crippen LogP contribution is 2.30. The monoisotopic (exact) mass is 296 g/mol. The highest BCUT2D eigenvalue weighted by atomic mass is 35.5. The first kappa shape index (κ1) is 14.8. The molecule has 1 N–H and O–H groups in total. The van der Waals surface area contributed by atoms with Gasteiger partial charge in [-0.2, -0.15) is 0 Å². The maximum Gasteiger partial charge on any atom is 0.323 e. The number of nitrogens with zero attached hydrogens (tertiary/aromatic N) is 2. The van der Waals surface area contributed by atoms with Gasteiger partial charge < -0.3 is 10.0 Å². The SMILES string of the molecule is CCc1cc(C(=O)N(CC(=O)O)CC2CC2)cc(Cl)n1. The molecule has 0 unspecified atom stereocenters. The number of carboxylic acid groups (broad SMARTS) is 1. The number of carboxylic acids is 1. The second-order valence-corrected chi connectivity index (χ2v) is 5.43. The van der Waals surface area contributed by atoms with Crippen LogP contribution in [0.15, 0.2) is 12.1 Å². The lowest BCUT2D eigenvalue weighted by Crippen LogP contribution is -2.37. The Morgan fingerprint density at radius 3 is 2.70 bits per heavy atom. The Morgan fingerprint density at radius 2 is 2.15 bits per heavy atom. The Hall–Kier alpha value is -1.62. The number of aromatic nitrogens is 1. The molecule has 20 heavy (non-hydrogen) atoms. The summed E-state index contributed by atoms with van der Waals surface area (Å²) in [5, 5.41) is 9.19. The van der Waals surface area contributed by atoms with Crippen molar-refractivity contribution in [2.24, 2.45) is 5.92 Å². The molecule has 6 heteroatoms. The topological polar surface area (TPSA) is 70.5 Å². The van der Waals surface area contributed by atoms with Crippen molar-refractivity contribution in [3.05, 3.63) is 28.5 Å². The predicted molar refractivity (Wildman–Crippen MR) is 74.9 cm³/mol. The van der Waals surface area contributed by atoms with Crippen LogP contribution in [0.3, 0.4) is 0 Å². The lowest BCUT2D eigenvalue weighted by Gasteiger charge is -2.20. The quantitative estimate of drug-likeness (QED) is 0.817. The lowest BCUT2D eigenvalue weighted by molar-refractivity contribution is -0.137. The van der Waals surface area contributed by atoms with Gasteiger partial charge in [0.25, 0.3) is 5.91 Å². The molecule has 1 aliphatic rings. The highest BCUT2D eigenvalue weighted by Gasteiger charge is 2.28. The smallest absolute Gasteiger partial charge is 0.323 e.